The molecule has 2 N–H and O–H groups in total. The fourth-order valence-corrected chi connectivity index (χ4v) is 3.02. The smallest absolute Gasteiger partial charge is 0.338 e. The maximum Gasteiger partial charge on any atom is 0.338 e. The lowest BCUT2D eigenvalue weighted by Gasteiger charge is -2.17. The molecule has 0 heterocycles. The van der Waals surface area contributed by atoms with Crippen LogP contribution in [0, 0.1) is 0 Å². The van der Waals surface area contributed by atoms with E-state index in [2.05, 4.69) is 0 Å². The van der Waals surface area contributed by atoms with Gasteiger partial charge in [-0.2, -0.15) is 0 Å². The first-order chi connectivity index (χ1) is 11.7. The third-order valence-corrected chi connectivity index (χ3v) is 4.71. The van der Waals surface area contributed by atoms with Gasteiger partial charge in [0.05, 0.1) is 10.6 Å². The molecule has 2 aromatic rings. The van der Waals surface area contributed by atoms with Crippen molar-refractivity contribution in [3.63, 3.8) is 0 Å². The molecule has 0 saturated heterocycles. The summed E-state index contributed by atoms with van der Waals surface area (Å²) in [5.74, 6) is -1.31. The summed E-state index contributed by atoms with van der Waals surface area (Å²) in [6.07, 6.45) is 0. The van der Waals surface area contributed by atoms with Crippen LogP contribution in [0.4, 0.5) is 5.69 Å². The minimum absolute atomic E-state index is 0.0800. The summed E-state index contributed by atoms with van der Waals surface area (Å²) in [5, 5.41) is 4.92. The van der Waals surface area contributed by atoms with Crippen molar-refractivity contribution in [3.8, 4) is 0 Å². The van der Waals surface area contributed by atoms with Crippen molar-refractivity contribution < 1.29 is 22.7 Å². The molecule has 0 saturated carbocycles. The number of para-hydroxylation sites is 1. The van der Waals surface area contributed by atoms with Crippen LogP contribution in [-0.2, 0) is 19.6 Å². The number of carbonyl (C=O) groups is 2. The number of nitrogens with zero attached hydrogens (tertiary/aromatic N) is 1. The van der Waals surface area contributed by atoms with E-state index in [1.54, 1.807) is 31.3 Å². The third-order valence-electron chi connectivity index (χ3n) is 3.32. The van der Waals surface area contributed by atoms with Gasteiger partial charge in [-0.15, -0.1) is 0 Å². The predicted octanol–water partition coefficient (Wildman–Crippen LogP) is 1.81. The number of primary sulfonamides is 1. The summed E-state index contributed by atoms with van der Waals surface area (Å²) in [7, 11) is -2.54. The maximum absolute atomic E-state index is 12.1. The number of halogens is 1. The maximum atomic E-state index is 12.1. The SMILES string of the molecule is CN(C(=O)COC(=O)c1ccc(Cl)c(S(N)(=O)=O)c1)c1ccccc1. The van der Waals surface area contributed by atoms with Gasteiger partial charge in [0.25, 0.3) is 5.91 Å². The van der Waals surface area contributed by atoms with E-state index < -0.39 is 33.4 Å². The highest BCUT2D eigenvalue weighted by Crippen LogP contribution is 2.22. The molecule has 2 aromatic carbocycles. The van der Waals surface area contributed by atoms with Gasteiger partial charge in [0.1, 0.15) is 4.90 Å². The molecule has 0 unspecified atom stereocenters. The Hall–Kier alpha value is -2.42. The zero-order valence-corrected chi connectivity index (χ0v) is 14.8. The molecule has 0 aliphatic heterocycles. The first kappa shape index (κ1) is 18.9. The lowest BCUT2D eigenvalue weighted by atomic mass is 10.2. The average molecular weight is 383 g/mol. The van der Waals surface area contributed by atoms with Crippen molar-refractivity contribution >= 4 is 39.2 Å². The topological polar surface area (TPSA) is 107 Å². The van der Waals surface area contributed by atoms with Crippen LogP contribution >= 0.6 is 11.6 Å². The quantitative estimate of drug-likeness (QED) is 0.793. The van der Waals surface area contributed by atoms with E-state index >= 15 is 0 Å². The van der Waals surface area contributed by atoms with Gasteiger partial charge in [-0.1, -0.05) is 29.8 Å². The number of benzene rings is 2. The fourth-order valence-electron chi connectivity index (χ4n) is 1.95. The Morgan fingerprint density at radius 1 is 1.16 bits per heavy atom. The Labute approximate surface area is 150 Å². The molecule has 1 amide bonds. The molecule has 0 aliphatic carbocycles. The number of nitrogens with two attached hydrogens (primary N) is 1. The Morgan fingerprint density at radius 2 is 1.80 bits per heavy atom. The Bertz CT molecular complexity index is 900. The number of rotatable bonds is 5. The second-order valence-electron chi connectivity index (χ2n) is 5.05. The highest BCUT2D eigenvalue weighted by atomic mass is 35.5. The van der Waals surface area contributed by atoms with Gasteiger partial charge in [-0.25, -0.2) is 18.4 Å². The summed E-state index contributed by atoms with van der Waals surface area (Å²) in [6.45, 7) is -0.502. The molecule has 0 radical (unpaired) electrons. The third kappa shape index (κ3) is 4.79. The molecule has 0 bridgehead atoms. The van der Waals surface area contributed by atoms with Crippen molar-refractivity contribution in [2.24, 2.45) is 5.14 Å². The second kappa shape index (κ2) is 7.64. The largest absolute Gasteiger partial charge is 0.452 e. The molecular weight excluding hydrogens is 368 g/mol. The van der Waals surface area contributed by atoms with Crippen LogP contribution in [-0.4, -0.2) is 33.9 Å². The van der Waals surface area contributed by atoms with Gasteiger partial charge in [-0.05, 0) is 30.3 Å². The van der Waals surface area contributed by atoms with Crippen LogP contribution in [0.25, 0.3) is 0 Å². The number of hydrogen-bond donors (Lipinski definition) is 1. The van der Waals surface area contributed by atoms with Gasteiger partial charge in [0.2, 0.25) is 10.0 Å². The zero-order valence-electron chi connectivity index (χ0n) is 13.2. The van der Waals surface area contributed by atoms with Crippen LogP contribution < -0.4 is 10.0 Å². The molecule has 9 heteroatoms. The van der Waals surface area contributed by atoms with E-state index in [1.807, 2.05) is 6.07 Å². The molecule has 132 valence electrons. The first-order valence-electron chi connectivity index (χ1n) is 7.01. The van der Waals surface area contributed by atoms with E-state index in [1.165, 1.54) is 17.0 Å². The summed E-state index contributed by atoms with van der Waals surface area (Å²) in [5.41, 5.74) is 0.565. The van der Waals surface area contributed by atoms with Gasteiger partial charge in [-0.3, -0.25) is 4.79 Å². The van der Waals surface area contributed by atoms with E-state index in [0.29, 0.717) is 5.69 Å². The van der Waals surface area contributed by atoms with E-state index in [9.17, 15) is 18.0 Å². The van der Waals surface area contributed by atoms with E-state index in [4.69, 9.17) is 21.5 Å². The predicted molar refractivity (Wildman–Crippen MR) is 93.0 cm³/mol. The number of anilines is 1. The van der Waals surface area contributed by atoms with Crippen LogP contribution in [0.2, 0.25) is 5.02 Å². The van der Waals surface area contributed by atoms with Crippen molar-refractivity contribution in [1.82, 2.24) is 0 Å². The minimum atomic E-state index is -4.09. The number of esters is 1. The lowest BCUT2D eigenvalue weighted by Crippen LogP contribution is -2.31. The van der Waals surface area contributed by atoms with Crippen molar-refractivity contribution in [2.75, 3.05) is 18.6 Å². The van der Waals surface area contributed by atoms with Crippen molar-refractivity contribution in [2.45, 2.75) is 4.90 Å². The molecule has 7 nitrogen and oxygen atoms in total. The molecule has 0 aliphatic rings. The molecule has 2 rings (SSSR count). The van der Waals surface area contributed by atoms with Gasteiger partial charge in [0.15, 0.2) is 6.61 Å². The van der Waals surface area contributed by atoms with Crippen LogP contribution in [0.15, 0.2) is 53.4 Å². The highest BCUT2D eigenvalue weighted by Gasteiger charge is 2.19. The number of carbonyl (C=O) groups excluding carboxylic acids is 2. The normalized spacial score (nSPS) is 11.0. The van der Waals surface area contributed by atoms with E-state index in [-0.39, 0.29) is 10.6 Å². The van der Waals surface area contributed by atoms with Crippen molar-refractivity contribution in [1.29, 1.82) is 0 Å². The molecule has 0 aromatic heterocycles. The lowest BCUT2D eigenvalue weighted by molar-refractivity contribution is -0.121. The summed E-state index contributed by atoms with van der Waals surface area (Å²) >= 11 is 5.75. The summed E-state index contributed by atoms with van der Waals surface area (Å²) < 4.78 is 27.8. The Balaban J connectivity index is 2.07. The van der Waals surface area contributed by atoms with Gasteiger partial charge >= 0.3 is 5.97 Å². The summed E-state index contributed by atoms with van der Waals surface area (Å²) in [6, 6.07) is 12.3. The standard InChI is InChI=1S/C16H15ClN2O5S/c1-19(12-5-3-2-4-6-12)15(20)10-24-16(21)11-7-8-13(17)14(9-11)25(18,22)23/h2-9H,10H2,1H3,(H2,18,22,23). The molecule has 25 heavy (non-hydrogen) atoms. The van der Waals surface area contributed by atoms with Crippen LogP contribution in [0.1, 0.15) is 10.4 Å². The molecule has 0 spiro atoms. The molecule has 0 fully saturated rings. The minimum Gasteiger partial charge on any atom is -0.452 e. The van der Waals surface area contributed by atoms with Crippen LogP contribution in [0.5, 0.6) is 0 Å². The van der Waals surface area contributed by atoms with E-state index in [0.717, 1.165) is 6.07 Å². The number of amides is 1. The van der Waals surface area contributed by atoms with Gasteiger partial charge in [0, 0.05) is 12.7 Å². The Morgan fingerprint density at radius 3 is 2.40 bits per heavy atom. The number of ether oxygens (including phenoxy) is 1. The van der Waals surface area contributed by atoms with Crippen LogP contribution in [0.3, 0.4) is 0 Å². The highest BCUT2D eigenvalue weighted by molar-refractivity contribution is 7.89. The fraction of sp³-hybridized carbons (Fsp3) is 0.125. The molecular formula is C16H15ClN2O5S. The molecule has 0 atom stereocenters. The Kier molecular flexibility index (Phi) is 5.78. The number of hydrogen-bond acceptors (Lipinski definition) is 5. The first-order valence-corrected chi connectivity index (χ1v) is 8.93. The average Bonchev–Trinajstić information content (AvgIpc) is 2.58. The number of sulfonamides is 1. The number of likely N-dealkylation sites (N-methyl/N-ethyl adjacent to an activating group) is 1. The van der Waals surface area contributed by atoms with Gasteiger partial charge < -0.3 is 9.64 Å². The monoisotopic (exact) mass is 382 g/mol. The second-order valence-corrected chi connectivity index (χ2v) is 6.99. The van der Waals surface area contributed by atoms with Crippen molar-refractivity contribution in [3.05, 3.63) is 59.1 Å². The zero-order chi connectivity index (χ0) is 18.6. The summed E-state index contributed by atoms with van der Waals surface area (Å²) in [4.78, 5) is 25.0.